The Hall–Kier alpha value is -3.28. The number of para-hydroxylation sites is 1. The van der Waals surface area contributed by atoms with Gasteiger partial charge in [0.05, 0.1) is 19.8 Å². The van der Waals surface area contributed by atoms with Crippen molar-refractivity contribution in [1.29, 1.82) is 0 Å². The number of rotatable bonds is 4. The van der Waals surface area contributed by atoms with Crippen LogP contribution in [0.3, 0.4) is 0 Å². The van der Waals surface area contributed by atoms with E-state index >= 15 is 0 Å². The minimum absolute atomic E-state index is 0.302. The standard InChI is InChI=1S/C18H16N2O4/c1-23-12-7-11(8-13(9-12)24-2)19-18(22)15-10-17(21)20-16-6-4-3-5-14(15)16/h3-10H,1-2H3,(H,19,22)(H,20,21). The maximum atomic E-state index is 12.6. The molecular weight excluding hydrogens is 308 g/mol. The molecule has 0 saturated carbocycles. The first-order valence-corrected chi connectivity index (χ1v) is 7.27. The minimum Gasteiger partial charge on any atom is -0.497 e. The first-order chi connectivity index (χ1) is 11.6. The third kappa shape index (κ3) is 3.08. The van der Waals surface area contributed by atoms with Crippen LogP contribution in [-0.2, 0) is 0 Å². The summed E-state index contributed by atoms with van der Waals surface area (Å²) in [6.07, 6.45) is 0. The Kier molecular flexibility index (Phi) is 4.20. The van der Waals surface area contributed by atoms with E-state index in [9.17, 15) is 9.59 Å². The van der Waals surface area contributed by atoms with Crippen LogP contribution >= 0.6 is 0 Å². The van der Waals surface area contributed by atoms with Gasteiger partial charge in [-0.25, -0.2) is 0 Å². The third-order valence-electron chi connectivity index (χ3n) is 3.60. The van der Waals surface area contributed by atoms with Gasteiger partial charge in [-0.3, -0.25) is 9.59 Å². The van der Waals surface area contributed by atoms with E-state index in [4.69, 9.17) is 9.47 Å². The molecule has 0 spiro atoms. The summed E-state index contributed by atoms with van der Waals surface area (Å²) in [7, 11) is 3.06. The molecule has 2 N–H and O–H groups in total. The summed E-state index contributed by atoms with van der Waals surface area (Å²) in [4.78, 5) is 27.1. The lowest BCUT2D eigenvalue weighted by Gasteiger charge is -2.11. The molecule has 0 fully saturated rings. The number of amides is 1. The number of ether oxygens (including phenoxy) is 2. The summed E-state index contributed by atoms with van der Waals surface area (Å²) in [5, 5.41) is 3.45. The average Bonchev–Trinajstić information content (AvgIpc) is 2.60. The molecule has 0 aliphatic rings. The topological polar surface area (TPSA) is 80.4 Å². The Bertz CT molecular complexity index is 940. The van der Waals surface area contributed by atoms with E-state index in [1.807, 2.05) is 6.07 Å². The lowest BCUT2D eigenvalue weighted by Crippen LogP contribution is -2.17. The fourth-order valence-corrected chi connectivity index (χ4v) is 2.47. The molecule has 0 atom stereocenters. The Morgan fingerprint density at radius 3 is 2.33 bits per heavy atom. The predicted octanol–water partition coefficient (Wildman–Crippen LogP) is 2.80. The molecule has 1 aromatic heterocycles. The fraction of sp³-hybridized carbons (Fsp3) is 0.111. The van der Waals surface area contributed by atoms with Crippen molar-refractivity contribution in [3.63, 3.8) is 0 Å². The number of hydrogen-bond acceptors (Lipinski definition) is 4. The SMILES string of the molecule is COc1cc(NC(=O)c2cc(=O)[nH]c3ccccc23)cc(OC)c1. The van der Waals surface area contributed by atoms with Crippen molar-refractivity contribution in [3.8, 4) is 11.5 Å². The Morgan fingerprint density at radius 2 is 1.67 bits per heavy atom. The fourth-order valence-electron chi connectivity index (χ4n) is 2.47. The number of nitrogens with one attached hydrogen (secondary N) is 2. The van der Waals surface area contributed by atoms with E-state index in [0.717, 1.165) is 0 Å². The van der Waals surface area contributed by atoms with Gasteiger partial charge in [-0.15, -0.1) is 0 Å². The molecule has 0 aliphatic carbocycles. The van der Waals surface area contributed by atoms with Crippen molar-refractivity contribution in [2.24, 2.45) is 0 Å². The van der Waals surface area contributed by atoms with Crippen LogP contribution in [0.5, 0.6) is 11.5 Å². The van der Waals surface area contributed by atoms with Crippen molar-refractivity contribution in [2.45, 2.75) is 0 Å². The van der Waals surface area contributed by atoms with Gasteiger partial charge in [-0.1, -0.05) is 18.2 Å². The Labute approximate surface area is 138 Å². The Morgan fingerprint density at radius 1 is 1.00 bits per heavy atom. The zero-order valence-electron chi connectivity index (χ0n) is 13.3. The van der Waals surface area contributed by atoms with E-state index < -0.39 is 0 Å². The van der Waals surface area contributed by atoms with Gasteiger partial charge >= 0.3 is 0 Å². The van der Waals surface area contributed by atoms with Crippen LogP contribution in [0, 0.1) is 0 Å². The van der Waals surface area contributed by atoms with Crippen LogP contribution < -0.4 is 20.3 Å². The van der Waals surface area contributed by atoms with Gasteiger partial charge in [-0.05, 0) is 6.07 Å². The predicted molar refractivity (Wildman–Crippen MR) is 92.1 cm³/mol. The number of carbonyl (C=O) groups excluding carboxylic acids is 1. The van der Waals surface area contributed by atoms with Crippen molar-refractivity contribution in [2.75, 3.05) is 19.5 Å². The summed E-state index contributed by atoms with van der Waals surface area (Å²) in [5.41, 5.74) is 1.09. The van der Waals surface area contributed by atoms with E-state index in [1.165, 1.54) is 20.3 Å². The highest BCUT2D eigenvalue weighted by Crippen LogP contribution is 2.26. The van der Waals surface area contributed by atoms with Crippen LogP contribution in [0.4, 0.5) is 5.69 Å². The molecule has 0 bridgehead atoms. The number of fused-ring (bicyclic) bond motifs is 1. The van der Waals surface area contributed by atoms with Gasteiger partial charge in [0.15, 0.2) is 0 Å². The number of methoxy groups -OCH3 is 2. The smallest absolute Gasteiger partial charge is 0.256 e. The normalized spacial score (nSPS) is 10.4. The highest BCUT2D eigenvalue weighted by atomic mass is 16.5. The Balaban J connectivity index is 2.00. The third-order valence-corrected chi connectivity index (χ3v) is 3.60. The van der Waals surface area contributed by atoms with E-state index in [2.05, 4.69) is 10.3 Å². The molecule has 24 heavy (non-hydrogen) atoms. The van der Waals surface area contributed by atoms with E-state index in [1.54, 1.807) is 36.4 Å². The molecule has 2 aromatic carbocycles. The lowest BCUT2D eigenvalue weighted by molar-refractivity contribution is 0.102. The summed E-state index contributed by atoms with van der Waals surface area (Å²) in [6.45, 7) is 0. The molecule has 1 heterocycles. The molecule has 1 amide bonds. The minimum atomic E-state index is -0.382. The second kappa shape index (κ2) is 6.45. The van der Waals surface area contributed by atoms with Crippen LogP contribution in [0.1, 0.15) is 10.4 Å². The maximum absolute atomic E-state index is 12.6. The van der Waals surface area contributed by atoms with Crippen molar-refractivity contribution in [1.82, 2.24) is 4.98 Å². The highest BCUT2D eigenvalue weighted by Gasteiger charge is 2.13. The average molecular weight is 324 g/mol. The number of pyridine rings is 1. The van der Waals surface area contributed by atoms with E-state index in [0.29, 0.717) is 33.7 Å². The first kappa shape index (κ1) is 15.6. The number of aromatic nitrogens is 1. The van der Waals surface area contributed by atoms with Gasteiger partial charge < -0.3 is 19.8 Å². The maximum Gasteiger partial charge on any atom is 0.256 e. The second-order valence-electron chi connectivity index (χ2n) is 5.15. The zero-order valence-corrected chi connectivity index (χ0v) is 13.3. The number of aromatic amines is 1. The monoisotopic (exact) mass is 324 g/mol. The van der Waals surface area contributed by atoms with Crippen molar-refractivity contribution in [3.05, 3.63) is 64.4 Å². The number of H-pyrrole nitrogens is 1. The zero-order chi connectivity index (χ0) is 17.1. The van der Waals surface area contributed by atoms with Crippen LogP contribution in [0.2, 0.25) is 0 Å². The van der Waals surface area contributed by atoms with Gasteiger partial charge in [-0.2, -0.15) is 0 Å². The molecule has 122 valence electrons. The molecule has 3 aromatic rings. The molecule has 0 aliphatic heterocycles. The van der Waals surface area contributed by atoms with Gasteiger partial charge in [0.2, 0.25) is 5.56 Å². The number of anilines is 1. The van der Waals surface area contributed by atoms with E-state index in [-0.39, 0.29) is 11.5 Å². The number of carbonyl (C=O) groups is 1. The molecule has 6 nitrogen and oxygen atoms in total. The summed E-state index contributed by atoms with van der Waals surface area (Å²) in [5.74, 6) is 0.730. The first-order valence-electron chi connectivity index (χ1n) is 7.27. The summed E-state index contributed by atoms with van der Waals surface area (Å²) in [6, 6.07) is 13.5. The molecule has 6 heteroatoms. The molecule has 0 unspecified atom stereocenters. The van der Waals surface area contributed by atoms with Crippen molar-refractivity contribution >= 4 is 22.5 Å². The van der Waals surface area contributed by atoms with Gasteiger partial charge in [0.25, 0.3) is 5.91 Å². The largest absolute Gasteiger partial charge is 0.497 e. The highest BCUT2D eigenvalue weighted by molar-refractivity contribution is 6.12. The molecular formula is C18H16N2O4. The quantitative estimate of drug-likeness (QED) is 0.773. The van der Waals surface area contributed by atoms with Gasteiger partial charge in [0, 0.05) is 40.9 Å². The number of hydrogen-bond donors (Lipinski definition) is 2. The molecule has 0 radical (unpaired) electrons. The summed E-state index contributed by atoms with van der Waals surface area (Å²) < 4.78 is 10.4. The number of benzene rings is 2. The molecule has 3 rings (SSSR count). The summed E-state index contributed by atoms with van der Waals surface area (Å²) >= 11 is 0. The van der Waals surface area contributed by atoms with Crippen LogP contribution in [0.25, 0.3) is 10.9 Å². The lowest BCUT2D eigenvalue weighted by atomic mass is 10.1. The van der Waals surface area contributed by atoms with Gasteiger partial charge in [0.1, 0.15) is 11.5 Å². The molecule has 0 saturated heterocycles. The second-order valence-corrected chi connectivity index (χ2v) is 5.15. The van der Waals surface area contributed by atoms with Crippen LogP contribution in [0.15, 0.2) is 53.3 Å². The van der Waals surface area contributed by atoms with Crippen LogP contribution in [-0.4, -0.2) is 25.1 Å². The van der Waals surface area contributed by atoms with Crippen molar-refractivity contribution < 1.29 is 14.3 Å².